The minimum Gasteiger partial charge on any atom is -0.496 e. The third-order valence-electron chi connectivity index (χ3n) is 3.29. The van der Waals surface area contributed by atoms with Crippen LogP contribution in [0.25, 0.3) is 11.4 Å². The minimum atomic E-state index is 0.584. The van der Waals surface area contributed by atoms with Crippen molar-refractivity contribution in [3.05, 3.63) is 58.6 Å². The number of aromatic nitrogens is 3. The van der Waals surface area contributed by atoms with Gasteiger partial charge in [-0.2, -0.15) is 0 Å². The fourth-order valence-electron chi connectivity index (χ4n) is 2.12. The van der Waals surface area contributed by atoms with Gasteiger partial charge in [0.05, 0.1) is 12.7 Å². The van der Waals surface area contributed by atoms with Crippen LogP contribution in [0.5, 0.6) is 5.75 Å². The van der Waals surface area contributed by atoms with E-state index in [1.54, 1.807) is 18.9 Å². The largest absolute Gasteiger partial charge is 0.496 e. The summed E-state index contributed by atoms with van der Waals surface area (Å²) >= 11 is 4.97. The molecule has 0 fully saturated rings. The molecule has 2 N–H and O–H groups in total. The molecule has 0 aliphatic rings. The minimum absolute atomic E-state index is 0.584. The van der Waals surface area contributed by atoms with Gasteiger partial charge in [-0.1, -0.05) is 52.0 Å². The summed E-state index contributed by atoms with van der Waals surface area (Å²) in [6.45, 7) is 0. The Balaban J connectivity index is 1.80. The molecule has 0 bridgehead atoms. The second-order valence-corrected chi connectivity index (χ2v) is 6.65. The van der Waals surface area contributed by atoms with Gasteiger partial charge in [-0.25, -0.2) is 4.68 Å². The molecule has 0 aliphatic heterocycles. The number of hydrogen-bond acceptors (Lipinski definition) is 5. The SMILES string of the molecule is COc1ccccc1-c1nnc(SCc2ccc(Br)cc2)n1N. The Morgan fingerprint density at radius 3 is 2.61 bits per heavy atom. The first-order valence-corrected chi connectivity index (χ1v) is 8.68. The van der Waals surface area contributed by atoms with E-state index in [2.05, 4.69) is 38.3 Å². The second kappa shape index (κ2) is 7.06. The summed E-state index contributed by atoms with van der Waals surface area (Å²) in [6, 6.07) is 15.8. The van der Waals surface area contributed by atoms with Crippen molar-refractivity contribution in [3.63, 3.8) is 0 Å². The Kier molecular flexibility index (Phi) is 4.88. The summed E-state index contributed by atoms with van der Waals surface area (Å²) < 4.78 is 7.92. The van der Waals surface area contributed by atoms with E-state index in [1.807, 2.05) is 36.4 Å². The molecule has 1 heterocycles. The van der Waals surface area contributed by atoms with Crippen LogP contribution in [0.4, 0.5) is 0 Å². The zero-order chi connectivity index (χ0) is 16.2. The monoisotopic (exact) mass is 390 g/mol. The van der Waals surface area contributed by atoms with Crippen LogP contribution in [-0.2, 0) is 5.75 Å². The highest BCUT2D eigenvalue weighted by Gasteiger charge is 2.15. The highest BCUT2D eigenvalue weighted by atomic mass is 79.9. The molecule has 3 rings (SSSR count). The van der Waals surface area contributed by atoms with Crippen LogP contribution < -0.4 is 10.6 Å². The third-order valence-corrected chi connectivity index (χ3v) is 4.84. The number of para-hydroxylation sites is 1. The van der Waals surface area contributed by atoms with Gasteiger partial charge in [-0.3, -0.25) is 0 Å². The average Bonchev–Trinajstić information content (AvgIpc) is 2.95. The lowest BCUT2D eigenvalue weighted by molar-refractivity contribution is 0.416. The summed E-state index contributed by atoms with van der Waals surface area (Å²) in [5, 5.41) is 9.05. The Bertz CT molecular complexity index is 804. The van der Waals surface area contributed by atoms with Gasteiger partial charge in [0.1, 0.15) is 5.75 Å². The van der Waals surface area contributed by atoms with Crippen molar-refractivity contribution in [3.8, 4) is 17.1 Å². The van der Waals surface area contributed by atoms with Gasteiger partial charge < -0.3 is 10.6 Å². The normalized spacial score (nSPS) is 10.7. The number of rotatable bonds is 5. The molecule has 0 unspecified atom stereocenters. The summed E-state index contributed by atoms with van der Waals surface area (Å²) in [5.74, 6) is 8.23. The summed E-state index contributed by atoms with van der Waals surface area (Å²) in [6.07, 6.45) is 0. The van der Waals surface area contributed by atoms with E-state index in [-0.39, 0.29) is 0 Å². The number of nitrogens with zero attached hydrogens (tertiary/aromatic N) is 3. The van der Waals surface area contributed by atoms with E-state index in [1.165, 1.54) is 10.2 Å². The van der Waals surface area contributed by atoms with Crippen LogP contribution in [0, 0.1) is 0 Å². The zero-order valence-electron chi connectivity index (χ0n) is 12.4. The first kappa shape index (κ1) is 15.9. The van der Waals surface area contributed by atoms with Crippen molar-refractivity contribution >= 4 is 27.7 Å². The summed E-state index contributed by atoms with van der Waals surface area (Å²) in [7, 11) is 1.62. The molecule has 1 aromatic heterocycles. The number of halogens is 1. The van der Waals surface area contributed by atoms with Gasteiger partial charge in [0, 0.05) is 10.2 Å². The highest BCUT2D eigenvalue weighted by Crippen LogP contribution is 2.30. The molecule has 0 amide bonds. The Hall–Kier alpha value is -1.99. The van der Waals surface area contributed by atoms with E-state index in [0.717, 1.165) is 21.5 Å². The van der Waals surface area contributed by atoms with Crippen molar-refractivity contribution < 1.29 is 4.74 Å². The van der Waals surface area contributed by atoms with Crippen LogP contribution in [-0.4, -0.2) is 22.0 Å². The van der Waals surface area contributed by atoms with Crippen LogP contribution in [0.1, 0.15) is 5.56 Å². The van der Waals surface area contributed by atoms with Crippen molar-refractivity contribution in [2.45, 2.75) is 10.9 Å². The quantitative estimate of drug-likeness (QED) is 0.531. The molecule has 3 aromatic rings. The molecule has 0 aliphatic carbocycles. The standard InChI is InChI=1S/C16H15BrN4OS/c1-22-14-5-3-2-4-13(14)15-19-20-16(21(15)18)23-10-11-6-8-12(17)9-7-11/h2-9H,10,18H2,1H3. The van der Waals surface area contributed by atoms with Crippen molar-refractivity contribution in [2.24, 2.45) is 0 Å². The van der Waals surface area contributed by atoms with E-state index in [9.17, 15) is 0 Å². The van der Waals surface area contributed by atoms with Gasteiger partial charge in [-0.15, -0.1) is 10.2 Å². The predicted molar refractivity (Wildman–Crippen MR) is 95.9 cm³/mol. The van der Waals surface area contributed by atoms with Crippen molar-refractivity contribution in [1.82, 2.24) is 14.9 Å². The molecule has 0 spiro atoms. The lowest BCUT2D eigenvalue weighted by atomic mass is 10.2. The molecule has 0 saturated heterocycles. The molecule has 23 heavy (non-hydrogen) atoms. The predicted octanol–water partition coefficient (Wildman–Crippen LogP) is 3.72. The van der Waals surface area contributed by atoms with Gasteiger partial charge in [0.2, 0.25) is 5.16 Å². The molecule has 7 heteroatoms. The maximum absolute atomic E-state index is 6.15. The van der Waals surface area contributed by atoms with Crippen LogP contribution in [0.15, 0.2) is 58.2 Å². The van der Waals surface area contributed by atoms with Gasteiger partial charge in [-0.05, 0) is 29.8 Å². The molecule has 118 valence electrons. The molecule has 0 radical (unpaired) electrons. The molecule has 2 aromatic carbocycles. The fraction of sp³-hybridized carbons (Fsp3) is 0.125. The average molecular weight is 391 g/mol. The van der Waals surface area contributed by atoms with E-state index >= 15 is 0 Å². The molecular formula is C16H15BrN4OS. The molecular weight excluding hydrogens is 376 g/mol. The smallest absolute Gasteiger partial charge is 0.210 e. The van der Waals surface area contributed by atoms with Crippen LogP contribution in [0.3, 0.4) is 0 Å². The van der Waals surface area contributed by atoms with Crippen molar-refractivity contribution in [1.29, 1.82) is 0 Å². The Labute approximate surface area is 147 Å². The second-order valence-electron chi connectivity index (χ2n) is 4.79. The number of benzene rings is 2. The lowest BCUT2D eigenvalue weighted by Gasteiger charge is -2.07. The van der Waals surface area contributed by atoms with E-state index in [4.69, 9.17) is 10.6 Å². The molecule has 0 atom stereocenters. The summed E-state index contributed by atoms with van der Waals surface area (Å²) in [4.78, 5) is 0. The first-order chi connectivity index (χ1) is 11.2. The number of hydrogen-bond donors (Lipinski definition) is 1. The first-order valence-electron chi connectivity index (χ1n) is 6.90. The maximum atomic E-state index is 6.15. The Morgan fingerprint density at radius 2 is 1.87 bits per heavy atom. The third kappa shape index (κ3) is 3.51. The molecule has 5 nitrogen and oxygen atoms in total. The van der Waals surface area contributed by atoms with Crippen LogP contribution >= 0.6 is 27.7 Å². The lowest BCUT2D eigenvalue weighted by Crippen LogP contribution is -2.11. The van der Waals surface area contributed by atoms with Crippen molar-refractivity contribution in [2.75, 3.05) is 13.0 Å². The Morgan fingerprint density at radius 1 is 1.13 bits per heavy atom. The van der Waals surface area contributed by atoms with Gasteiger partial charge >= 0.3 is 0 Å². The topological polar surface area (TPSA) is 66.0 Å². The number of ether oxygens (including phenoxy) is 1. The number of methoxy groups -OCH3 is 1. The maximum Gasteiger partial charge on any atom is 0.210 e. The fourth-order valence-corrected chi connectivity index (χ4v) is 3.19. The number of nitrogen functional groups attached to an aromatic ring is 1. The molecule has 0 saturated carbocycles. The van der Waals surface area contributed by atoms with Gasteiger partial charge in [0.25, 0.3) is 0 Å². The van der Waals surface area contributed by atoms with Crippen LogP contribution in [0.2, 0.25) is 0 Å². The number of thioether (sulfide) groups is 1. The zero-order valence-corrected chi connectivity index (χ0v) is 14.8. The van der Waals surface area contributed by atoms with E-state index < -0.39 is 0 Å². The van der Waals surface area contributed by atoms with Gasteiger partial charge in [0.15, 0.2) is 5.82 Å². The highest BCUT2D eigenvalue weighted by molar-refractivity contribution is 9.10. The van der Waals surface area contributed by atoms with E-state index in [0.29, 0.717) is 11.0 Å². The number of nitrogens with two attached hydrogens (primary N) is 1. The summed E-state index contributed by atoms with van der Waals surface area (Å²) in [5.41, 5.74) is 2.01.